The molecule has 0 unspecified atom stereocenters. The van der Waals surface area contributed by atoms with Crippen molar-refractivity contribution in [3.8, 4) is 11.8 Å². The van der Waals surface area contributed by atoms with Gasteiger partial charge in [-0.3, -0.25) is 4.79 Å². The maximum atomic E-state index is 11.6. The van der Waals surface area contributed by atoms with Crippen LogP contribution in [0.15, 0.2) is 40.2 Å². The predicted molar refractivity (Wildman–Crippen MR) is 80.5 cm³/mol. The largest absolute Gasteiger partial charge is 0.484 e. The monoisotopic (exact) mass is 350 g/mol. The van der Waals surface area contributed by atoms with Gasteiger partial charge in [-0.1, -0.05) is 0 Å². The molecule has 1 heterocycles. The van der Waals surface area contributed by atoms with E-state index in [-0.39, 0.29) is 12.5 Å². The number of nitriles is 1. The summed E-state index contributed by atoms with van der Waals surface area (Å²) in [5, 5.41) is 13.4. The zero-order valence-corrected chi connectivity index (χ0v) is 12.8. The van der Waals surface area contributed by atoms with Crippen LogP contribution in [0.25, 0.3) is 0 Å². The molecule has 0 aliphatic rings. The number of nitrogens with one attached hydrogen (secondary N) is 1. The Labute approximate surface area is 129 Å². The van der Waals surface area contributed by atoms with Crippen LogP contribution < -0.4 is 10.1 Å². The summed E-state index contributed by atoms with van der Waals surface area (Å²) in [7, 11) is 0. The minimum Gasteiger partial charge on any atom is -0.484 e. The Morgan fingerprint density at radius 2 is 2.10 bits per heavy atom. The predicted octanol–water partition coefficient (Wildman–Crippen LogP) is 3.08. The van der Waals surface area contributed by atoms with Gasteiger partial charge >= 0.3 is 0 Å². The normalized spacial score (nSPS) is 9.80. The molecule has 0 fully saturated rings. The molecule has 4 nitrogen and oxygen atoms in total. The minimum atomic E-state index is -0.186. The molecular formula is C14H11BrN2O2S. The van der Waals surface area contributed by atoms with Crippen LogP contribution >= 0.6 is 27.3 Å². The van der Waals surface area contributed by atoms with E-state index < -0.39 is 0 Å². The quantitative estimate of drug-likeness (QED) is 0.901. The van der Waals surface area contributed by atoms with Gasteiger partial charge in [0.1, 0.15) is 5.75 Å². The van der Waals surface area contributed by atoms with Gasteiger partial charge in [-0.25, -0.2) is 0 Å². The first kappa shape index (κ1) is 14.6. The molecule has 6 heteroatoms. The van der Waals surface area contributed by atoms with Gasteiger partial charge in [-0.15, -0.1) is 11.3 Å². The Balaban J connectivity index is 1.77. The van der Waals surface area contributed by atoms with Crippen LogP contribution in [0, 0.1) is 11.3 Å². The molecule has 0 aliphatic heterocycles. The molecule has 20 heavy (non-hydrogen) atoms. The summed E-state index contributed by atoms with van der Waals surface area (Å²) < 4.78 is 6.33. The summed E-state index contributed by atoms with van der Waals surface area (Å²) in [5.74, 6) is 0.381. The standard InChI is InChI=1S/C14H11BrN2O2S/c15-12-5-6-20-13(12)8-17-14(18)9-19-11-3-1-10(7-16)2-4-11/h1-6H,8-9H2,(H,17,18). The number of rotatable bonds is 5. The highest BCUT2D eigenvalue weighted by Crippen LogP contribution is 2.22. The Morgan fingerprint density at radius 3 is 2.70 bits per heavy atom. The number of amides is 1. The maximum Gasteiger partial charge on any atom is 0.258 e. The van der Waals surface area contributed by atoms with E-state index >= 15 is 0 Å². The van der Waals surface area contributed by atoms with Gasteiger partial charge in [0.25, 0.3) is 5.91 Å². The second kappa shape index (κ2) is 7.08. The third-order valence-electron chi connectivity index (χ3n) is 2.49. The molecule has 0 saturated carbocycles. The van der Waals surface area contributed by atoms with Crippen LogP contribution in [-0.2, 0) is 11.3 Å². The van der Waals surface area contributed by atoms with Gasteiger partial charge in [0.2, 0.25) is 0 Å². The van der Waals surface area contributed by atoms with Crippen molar-refractivity contribution in [1.82, 2.24) is 5.32 Å². The molecule has 0 saturated heterocycles. The Hall–Kier alpha value is -1.84. The fourth-order valence-corrected chi connectivity index (χ4v) is 2.89. The summed E-state index contributed by atoms with van der Waals surface area (Å²) in [4.78, 5) is 12.7. The lowest BCUT2D eigenvalue weighted by Gasteiger charge is -2.07. The average molecular weight is 351 g/mol. The van der Waals surface area contributed by atoms with Crippen molar-refractivity contribution in [3.63, 3.8) is 0 Å². The molecule has 0 atom stereocenters. The van der Waals surface area contributed by atoms with Crippen LogP contribution in [-0.4, -0.2) is 12.5 Å². The van der Waals surface area contributed by atoms with E-state index in [0.29, 0.717) is 17.9 Å². The number of thiophene rings is 1. The Bertz CT molecular complexity index is 631. The van der Waals surface area contributed by atoms with Crippen LogP contribution in [0.2, 0.25) is 0 Å². The number of hydrogen-bond acceptors (Lipinski definition) is 4. The van der Waals surface area contributed by atoms with Gasteiger partial charge in [-0.2, -0.15) is 5.26 Å². The fraction of sp³-hybridized carbons (Fsp3) is 0.143. The van der Waals surface area contributed by atoms with E-state index in [9.17, 15) is 4.79 Å². The second-order valence-corrected chi connectivity index (χ2v) is 5.75. The summed E-state index contributed by atoms with van der Waals surface area (Å²) >= 11 is 4.98. The van der Waals surface area contributed by atoms with Gasteiger partial charge < -0.3 is 10.1 Å². The van der Waals surface area contributed by atoms with E-state index in [1.807, 2.05) is 17.5 Å². The smallest absolute Gasteiger partial charge is 0.258 e. The number of halogens is 1. The third-order valence-corrected chi connectivity index (χ3v) is 4.42. The van der Waals surface area contributed by atoms with Crippen LogP contribution in [0.4, 0.5) is 0 Å². The molecule has 0 bridgehead atoms. The first-order chi connectivity index (χ1) is 9.69. The van der Waals surface area contributed by atoms with E-state index in [1.54, 1.807) is 35.6 Å². The maximum absolute atomic E-state index is 11.6. The topological polar surface area (TPSA) is 62.1 Å². The lowest BCUT2D eigenvalue weighted by Crippen LogP contribution is -2.28. The van der Waals surface area contributed by atoms with Crippen molar-refractivity contribution in [1.29, 1.82) is 5.26 Å². The van der Waals surface area contributed by atoms with E-state index in [0.717, 1.165) is 9.35 Å². The van der Waals surface area contributed by atoms with E-state index in [1.165, 1.54) is 0 Å². The Morgan fingerprint density at radius 1 is 1.35 bits per heavy atom. The number of ether oxygens (including phenoxy) is 1. The number of carbonyl (C=O) groups excluding carboxylic acids is 1. The molecule has 0 spiro atoms. The first-order valence-corrected chi connectivity index (χ1v) is 7.48. The van der Waals surface area contributed by atoms with Crippen molar-refractivity contribution < 1.29 is 9.53 Å². The fourth-order valence-electron chi connectivity index (χ4n) is 1.46. The summed E-state index contributed by atoms with van der Waals surface area (Å²) in [5.41, 5.74) is 0.560. The van der Waals surface area contributed by atoms with Gasteiger partial charge in [0.15, 0.2) is 6.61 Å². The summed E-state index contributed by atoms with van der Waals surface area (Å²) in [6, 6.07) is 10.6. The molecule has 102 valence electrons. The minimum absolute atomic E-state index is 0.0467. The molecule has 1 N–H and O–H groups in total. The van der Waals surface area contributed by atoms with Crippen molar-refractivity contribution in [3.05, 3.63) is 50.6 Å². The van der Waals surface area contributed by atoms with Gasteiger partial charge in [0, 0.05) is 9.35 Å². The zero-order valence-electron chi connectivity index (χ0n) is 10.4. The molecule has 1 aromatic carbocycles. The lowest BCUT2D eigenvalue weighted by atomic mass is 10.2. The number of nitrogens with zero attached hydrogens (tertiary/aromatic N) is 1. The highest BCUT2D eigenvalue weighted by atomic mass is 79.9. The van der Waals surface area contributed by atoms with Crippen molar-refractivity contribution in [2.45, 2.75) is 6.54 Å². The number of hydrogen-bond donors (Lipinski definition) is 1. The molecule has 0 aliphatic carbocycles. The highest BCUT2D eigenvalue weighted by molar-refractivity contribution is 9.10. The summed E-state index contributed by atoms with van der Waals surface area (Å²) in [6.45, 7) is 0.433. The van der Waals surface area contributed by atoms with Crippen LogP contribution in [0.3, 0.4) is 0 Å². The molecule has 2 aromatic rings. The van der Waals surface area contributed by atoms with E-state index in [4.69, 9.17) is 10.00 Å². The highest BCUT2D eigenvalue weighted by Gasteiger charge is 2.05. The first-order valence-electron chi connectivity index (χ1n) is 5.80. The van der Waals surface area contributed by atoms with Crippen molar-refractivity contribution >= 4 is 33.2 Å². The zero-order chi connectivity index (χ0) is 14.4. The SMILES string of the molecule is N#Cc1ccc(OCC(=O)NCc2sccc2Br)cc1. The van der Waals surface area contributed by atoms with Gasteiger partial charge in [-0.05, 0) is 51.6 Å². The second-order valence-electron chi connectivity index (χ2n) is 3.89. The van der Waals surface area contributed by atoms with Crippen molar-refractivity contribution in [2.24, 2.45) is 0 Å². The Kier molecular flexibility index (Phi) is 5.16. The van der Waals surface area contributed by atoms with Crippen LogP contribution in [0.5, 0.6) is 5.75 Å². The van der Waals surface area contributed by atoms with Crippen molar-refractivity contribution in [2.75, 3.05) is 6.61 Å². The van der Waals surface area contributed by atoms with Crippen LogP contribution in [0.1, 0.15) is 10.4 Å². The summed E-state index contributed by atoms with van der Waals surface area (Å²) in [6.07, 6.45) is 0. The molecule has 0 radical (unpaired) electrons. The molecule has 1 amide bonds. The number of benzene rings is 1. The number of carbonyl (C=O) groups is 1. The molecule has 1 aromatic heterocycles. The third kappa shape index (κ3) is 4.08. The van der Waals surface area contributed by atoms with E-state index in [2.05, 4.69) is 21.2 Å². The van der Waals surface area contributed by atoms with Gasteiger partial charge in [0.05, 0.1) is 18.2 Å². The lowest BCUT2D eigenvalue weighted by molar-refractivity contribution is -0.123. The molecular weight excluding hydrogens is 340 g/mol. The molecule has 2 rings (SSSR count). The average Bonchev–Trinajstić information content (AvgIpc) is 2.89.